The quantitative estimate of drug-likeness (QED) is 0.883. The van der Waals surface area contributed by atoms with Crippen LogP contribution < -0.4 is 5.56 Å². The molecule has 146 valence electrons. The summed E-state index contributed by atoms with van der Waals surface area (Å²) in [5.74, 6) is 1.90. The summed E-state index contributed by atoms with van der Waals surface area (Å²) in [4.78, 5) is 33.9. The number of carbonyl (C=O) groups is 1. The number of piperidine rings is 1. The number of H-pyrrole nitrogens is 1. The van der Waals surface area contributed by atoms with Crippen LogP contribution >= 0.6 is 0 Å². The highest BCUT2D eigenvalue weighted by Gasteiger charge is 2.30. The number of aryl methyl sites for hydroxylation is 1. The van der Waals surface area contributed by atoms with E-state index in [0.29, 0.717) is 24.3 Å². The number of nitrogens with one attached hydrogen (secondary N) is 1. The SMILES string of the molecule is Cc1[nH]c(=O)c(C#N)cc1C(=O)N1CCCC(c2nccn2CC2CCC2)C1. The standard InChI is InChI=1S/C21H25N5O2/c1-14-18(10-17(11-22)20(27)24-14)21(28)26-8-3-6-16(13-26)19-23-7-9-25(19)12-15-4-2-5-15/h7,9-10,15-16H,2-6,8,12-13H2,1H3,(H,24,27). The molecule has 7 nitrogen and oxygen atoms in total. The third-order valence-corrected chi connectivity index (χ3v) is 6.09. The highest BCUT2D eigenvalue weighted by Crippen LogP contribution is 2.31. The van der Waals surface area contributed by atoms with Gasteiger partial charge in [-0.15, -0.1) is 0 Å². The summed E-state index contributed by atoms with van der Waals surface area (Å²) in [5.41, 5.74) is 0.418. The third kappa shape index (κ3) is 3.47. The fourth-order valence-corrected chi connectivity index (χ4v) is 4.26. The minimum absolute atomic E-state index is 0.0291. The van der Waals surface area contributed by atoms with Gasteiger partial charge in [0.15, 0.2) is 0 Å². The van der Waals surface area contributed by atoms with Gasteiger partial charge in [0.2, 0.25) is 0 Å². The Hall–Kier alpha value is -2.88. The van der Waals surface area contributed by atoms with Gasteiger partial charge in [-0.05, 0) is 44.6 Å². The largest absolute Gasteiger partial charge is 0.338 e. The number of carbonyl (C=O) groups excluding carboxylic acids is 1. The van der Waals surface area contributed by atoms with Crippen molar-refractivity contribution in [2.45, 2.75) is 51.5 Å². The Morgan fingerprint density at radius 2 is 2.18 bits per heavy atom. The predicted octanol–water partition coefficient (Wildman–Crippen LogP) is 2.57. The zero-order chi connectivity index (χ0) is 19.7. The highest BCUT2D eigenvalue weighted by molar-refractivity contribution is 5.95. The van der Waals surface area contributed by atoms with Crippen LogP contribution in [0.15, 0.2) is 23.3 Å². The molecule has 0 bridgehead atoms. The Morgan fingerprint density at radius 3 is 2.89 bits per heavy atom. The van der Waals surface area contributed by atoms with E-state index in [-0.39, 0.29) is 17.4 Å². The average Bonchev–Trinajstić information content (AvgIpc) is 3.13. The van der Waals surface area contributed by atoms with Gasteiger partial charge in [-0.25, -0.2) is 4.98 Å². The van der Waals surface area contributed by atoms with Gasteiger partial charge < -0.3 is 14.5 Å². The number of pyridine rings is 1. The first-order valence-electron chi connectivity index (χ1n) is 10.0. The molecule has 0 spiro atoms. The summed E-state index contributed by atoms with van der Waals surface area (Å²) in [6.45, 7) is 4.01. The molecule has 2 aromatic rings. The Kier molecular flexibility index (Phi) is 5.03. The molecule has 1 N–H and O–H groups in total. The summed E-state index contributed by atoms with van der Waals surface area (Å²) in [7, 11) is 0. The van der Waals surface area contributed by atoms with Crippen LogP contribution in [0.1, 0.15) is 65.5 Å². The molecule has 28 heavy (non-hydrogen) atoms. The molecular formula is C21H25N5O2. The second kappa shape index (κ2) is 7.63. The first kappa shape index (κ1) is 18.5. The van der Waals surface area contributed by atoms with Crippen molar-refractivity contribution in [2.75, 3.05) is 13.1 Å². The van der Waals surface area contributed by atoms with E-state index in [1.54, 1.807) is 6.92 Å². The van der Waals surface area contributed by atoms with Crippen LogP contribution in [0.5, 0.6) is 0 Å². The van der Waals surface area contributed by atoms with Gasteiger partial charge in [0, 0.05) is 43.6 Å². The van der Waals surface area contributed by atoms with Crippen LogP contribution in [0.3, 0.4) is 0 Å². The van der Waals surface area contributed by atoms with Gasteiger partial charge in [-0.2, -0.15) is 5.26 Å². The van der Waals surface area contributed by atoms with Gasteiger partial charge >= 0.3 is 0 Å². The van der Waals surface area contributed by atoms with E-state index in [1.165, 1.54) is 25.3 Å². The lowest BCUT2D eigenvalue weighted by molar-refractivity contribution is 0.0701. The predicted molar refractivity (Wildman–Crippen MR) is 104 cm³/mol. The zero-order valence-corrected chi connectivity index (χ0v) is 16.1. The lowest BCUT2D eigenvalue weighted by Crippen LogP contribution is -2.40. The number of aromatic amines is 1. The Labute approximate surface area is 164 Å². The molecule has 1 amide bonds. The molecule has 1 aliphatic heterocycles. The van der Waals surface area contributed by atoms with Gasteiger partial charge in [-0.3, -0.25) is 9.59 Å². The van der Waals surface area contributed by atoms with Gasteiger partial charge in [0.25, 0.3) is 11.5 Å². The number of likely N-dealkylation sites (tertiary alicyclic amines) is 1. The third-order valence-electron chi connectivity index (χ3n) is 6.09. The molecule has 4 rings (SSSR count). The summed E-state index contributed by atoms with van der Waals surface area (Å²) >= 11 is 0. The molecule has 2 fully saturated rings. The van der Waals surface area contributed by atoms with Crippen LogP contribution in [0.2, 0.25) is 0 Å². The number of nitrogens with zero attached hydrogens (tertiary/aromatic N) is 4. The number of aromatic nitrogens is 3. The van der Waals surface area contributed by atoms with Crippen LogP contribution in [0.4, 0.5) is 0 Å². The maximum Gasteiger partial charge on any atom is 0.266 e. The minimum Gasteiger partial charge on any atom is -0.338 e. The molecule has 2 aliphatic rings. The molecule has 1 saturated carbocycles. The molecule has 1 aliphatic carbocycles. The number of hydrogen-bond donors (Lipinski definition) is 1. The zero-order valence-electron chi connectivity index (χ0n) is 16.1. The molecular weight excluding hydrogens is 354 g/mol. The molecule has 0 radical (unpaired) electrons. The summed E-state index contributed by atoms with van der Waals surface area (Å²) in [6, 6.07) is 3.27. The van der Waals surface area contributed by atoms with Crippen molar-refractivity contribution < 1.29 is 4.79 Å². The summed E-state index contributed by atoms with van der Waals surface area (Å²) in [6.07, 6.45) is 9.75. The molecule has 0 aromatic carbocycles. The number of amides is 1. The topological polar surface area (TPSA) is 94.8 Å². The van der Waals surface area contributed by atoms with Crippen molar-refractivity contribution >= 4 is 5.91 Å². The summed E-state index contributed by atoms with van der Waals surface area (Å²) < 4.78 is 2.27. The molecule has 2 aromatic heterocycles. The van der Waals surface area contributed by atoms with E-state index in [0.717, 1.165) is 31.1 Å². The normalized spacial score (nSPS) is 19.9. The average molecular weight is 379 g/mol. The highest BCUT2D eigenvalue weighted by atomic mass is 16.2. The van der Waals surface area contributed by atoms with E-state index >= 15 is 0 Å². The smallest absolute Gasteiger partial charge is 0.266 e. The van der Waals surface area contributed by atoms with Crippen LogP contribution in [0, 0.1) is 24.2 Å². The van der Waals surface area contributed by atoms with Crippen LogP contribution in [-0.4, -0.2) is 38.4 Å². The molecule has 1 atom stereocenters. The number of nitriles is 1. The first-order valence-corrected chi connectivity index (χ1v) is 10.0. The van der Waals surface area contributed by atoms with Crippen molar-refractivity contribution in [1.82, 2.24) is 19.4 Å². The molecule has 3 heterocycles. The number of hydrogen-bond acceptors (Lipinski definition) is 4. The monoisotopic (exact) mass is 379 g/mol. The Balaban J connectivity index is 1.53. The Morgan fingerprint density at radius 1 is 1.36 bits per heavy atom. The van der Waals surface area contributed by atoms with Crippen LogP contribution in [0.25, 0.3) is 0 Å². The van der Waals surface area contributed by atoms with E-state index in [9.17, 15) is 9.59 Å². The van der Waals surface area contributed by atoms with Gasteiger partial charge in [-0.1, -0.05) is 6.42 Å². The second-order valence-corrected chi connectivity index (χ2v) is 7.99. The van der Waals surface area contributed by atoms with Crippen molar-refractivity contribution in [1.29, 1.82) is 5.26 Å². The Bertz CT molecular complexity index is 979. The lowest BCUT2D eigenvalue weighted by atomic mass is 9.85. The van der Waals surface area contributed by atoms with Gasteiger partial charge in [0.05, 0.1) is 5.56 Å². The maximum absolute atomic E-state index is 13.1. The van der Waals surface area contributed by atoms with E-state index in [2.05, 4.69) is 20.7 Å². The lowest BCUT2D eigenvalue weighted by Gasteiger charge is -2.34. The fraction of sp³-hybridized carbons (Fsp3) is 0.524. The molecule has 1 saturated heterocycles. The van der Waals surface area contributed by atoms with E-state index < -0.39 is 5.56 Å². The van der Waals surface area contributed by atoms with Crippen molar-refractivity contribution in [3.63, 3.8) is 0 Å². The minimum atomic E-state index is -0.453. The maximum atomic E-state index is 13.1. The van der Waals surface area contributed by atoms with Crippen molar-refractivity contribution in [3.8, 4) is 6.07 Å². The summed E-state index contributed by atoms with van der Waals surface area (Å²) in [5, 5.41) is 9.11. The molecule has 7 heteroatoms. The fourth-order valence-electron chi connectivity index (χ4n) is 4.26. The number of imidazole rings is 1. The first-order chi connectivity index (χ1) is 13.6. The van der Waals surface area contributed by atoms with Crippen molar-refractivity contribution in [3.05, 3.63) is 51.5 Å². The second-order valence-electron chi connectivity index (χ2n) is 7.99. The molecule has 1 unspecified atom stereocenters. The van der Waals surface area contributed by atoms with Gasteiger partial charge in [0.1, 0.15) is 17.5 Å². The van der Waals surface area contributed by atoms with E-state index in [1.807, 2.05) is 17.2 Å². The number of rotatable bonds is 4. The van der Waals surface area contributed by atoms with Crippen molar-refractivity contribution in [2.24, 2.45) is 5.92 Å². The van der Waals surface area contributed by atoms with Crippen LogP contribution in [-0.2, 0) is 6.54 Å². The van der Waals surface area contributed by atoms with E-state index in [4.69, 9.17) is 5.26 Å².